The van der Waals surface area contributed by atoms with E-state index in [1.807, 2.05) is 16.9 Å². The minimum absolute atomic E-state index is 0.269. The quantitative estimate of drug-likeness (QED) is 0.806. The number of hydrogen-bond acceptors (Lipinski definition) is 3. The Labute approximate surface area is 134 Å². The molecule has 1 saturated heterocycles. The largest absolute Gasteiger partial charge is 0.341 e. The second kappa shape index (κ2) is 5.77. The highest BCUT2D eigenvalue weighted by Crippen LogP contribution is 2.22. The molecule has 1 N–H and O–H groups in total. The molecule has 3 aromatic rings. The van der Waals surface area contributed by atoms with E-state index in [0.29, 0.717) is 11.6 Å². The lowest BCUT2D eigenvalue weighted by Gasteiger charge is -2.23. The number of para-hydroxylation sites is 1. The lowest BCUT2D eigenvalue weighted by molar-refractivity contribution is 0.215. The van der Waals surface area contributed by atoms with E-state index >= 15 is 0 Å². The van der Waals surface area contributed by atoms with Crippen molar-refractivity contribution in [2.24, 2.45) is 0 Å². The Balaban J connectivity index is 1.51. The van der Waals surface area contributed by atoms with Crippen LogP contribution in [0.15, 0.2) is 30.6 Å². The van der Waals surface area contributed by atoms with Crippen molar-refractivity contribution in [3.63, 3.8) is 0 Å². The van der Waals surface area contributed by atoms with Crippen molar-refractivity contribution in [1.29, 1.82) is 0 Å². The third-order valence-electron chi connectivity index (χ3n) is 4.52. The molecule has 0 radical (unpaired) electrons. The summed E-state index contributed by atoms with van der Waals surface area (Å²) in [6.45, 7) is 4.71. The van der Waals surface area contributed by atoms with Crippen LogP contribution in [0.2, 0.25) is 0 Å². The highest BCUT2D eigenvalue weighted by molar-refractivity contribution is 5.75. The zero-order chi connectivity index (χ0) is 15.8. The molecule has 1 aliphatic heterocycles. The van der Waals surface area contributed by atoms with Crippen LogP contribution < -0.4 is 0 Å². The summed E-state index contributed by atoms with van der Waals surface area (Å²) in [6, 6.07) is 5.47. The number of likely N-dealkylation sites (tertiary alicyclic amines) is 1. The molecule has 1 aromatic carbocycles. The zero-order valence-corrected chi connectivity index (χ0v) is 13.2. The summed E-state index contributed by atoms with van der Waals surface area (Å²) in [4.78, 5) is 10.1. The molecule has 6 heteroatoms. The van der Waals surface area contributed by atoms with E-state index in [4.69, 9.17) is 0 Å². The number of nitrogens with one attached hydrogen (secondary N) is 1. The third-order valence-corrected chi connectivity index (χ3v) is 4.52. The van der Waals surface area contributed by atoms with Crippen molar-refractivity contribution >= 4 is 11.0 Å². The minimum Gasteiger partial charge on any atom is -0.341 e. The number of nitrogens with zero attached hydrogens (tertiary/aromatic N) is 4. The lowest BCUT2D eigenvalue weighted by Crippen LogP contribution is -2.33. The van der Waals surface area contributed by atoms with Gasteiger partial charge in [-0.1, -0.05) is 6.07 Å². The molecule has 4 rings (SSSR count). The molecule has 23 heavy (non-hydrogen) atoms. The van der Waals surface area contributed by atoms with Gasteiger partial charge < -0.3 is 4.98 Å². The molecule has 1 atom stereocenters. The van der Waals surface area contributed by atoms with Crippen molar-refractivity contribution in [2.45, 2.75) is 38.9 Å². The number of fused-ring (bicyclic) bond motifs is 1. The van der Waals surface area contributed by atoms with E-state index < -0.39 is 0 Å². The van der Waals surface area contributed by atoms with Gasteiger partial charge in [0.15, 0.2) is 5.82 Å². The van der Waals surface area contributed by atoms with Gasteiger partial charge in [-0.3, -0.25) is 9.58 Å². The van der Waals surface area contributed by atoms with E-state index in [1.54, 1.807) is 6.07 Å². The molecule has 5 nitrogen and oxygen atoms in total. The molecule has 0 saturated carbocycles. The van der Waals surface area contributed by atoms with Crippen LogP contribution >= 0.6 is 0 Å². The van der Waals surface area contributed by atoms with Gasteiger partial charge in [-0.05, 0) is 44.0 Å². The van der Waals surface area contributed by atoms with Crippen LogP contribution in [-0.4, -0.2) is 37.2 Å². The zero-order valence-electron chi connectivity index (χ0n) is 13.2. The first kappa shape index (κ1) is 14.4. The van der Waals surface area contributed by atoms with Crippen molar-refractivity contribution in [3.8, 4) is 0 Å². The summed E-state index contributed by atoms with van der Waals surface area (Å²) < 4.78 is 15.8. The second-order valence-corrected chi connectivity index (χ2v) is 6.33. The van der Waals surface area contributed by atoms with Crippen LogP contribution in [0.4, 0.5) is 4.39 Å². The van der Waals surface area contributed by atoms with E-state index in [1.165, 1.54) is 18.1 Å². The van der Waals surface area contributed by atoms with Crippen LogP contribution in [0.25, 0.3) is 11.0 Å². The summed E-state index contributed by atoms with van der Waals surface area (Å²) in [5.74, 6) is 0.559. The highest BCUT2D eigenvalue weighted by atomic mass is 19.1. The maximum absolute atomic E-state index is 13.8. The first-order valence-electron chi connectivity index (χ1n) is 8.05. The number of halogens is 1. The number of aromatic amines is 1. The first-order chi connectivity index (χ1) is 11.2. The van der Waals surface area contributed by atoms with Crippen molar-refractivity contribution in [3.05, 3.63) is 47.8 Å². The summed E-state index contributed by atoms with van der Waals surface area (Å²) in [5.41, 5.74) is 2.38. The molecule has 1 fully saturated rings. The highest BCUT2D eigenvalue weighted by Gasteiger charge is 2.26. The van der Waals surface area contributed by atoms with Gasteiger partial charge in [0.05, 0.1) is 24.8 Å². The van der Waals surface area contributed by atoms with Crippen molar-refractivity contribution in [1.82, 2.24) is 24.6 Å². The van der Waals surface area contributed by atoms with Gasteiger partial charge in [0, 0.05) is 12.2 Å². The SMILES string of the molecule is Cc1cnn(CC2CCCN2Cc2nc3c(F)cccc3[nH]2)c1. The third kappa shape index (κ3) is 2.86. The number of imidazole rings is 1. The number of rotatable bonds is 4. The molecule has 0 amide bonds. The topological polar surface area (TPSA) is 49.7 Å². The molecule has 0 spiro atoms. The van der Waals surface area contributed by atoms with Crippen LogP contribution in [0.3, 0.4) is 0 Å². The second-order valence-electron chi connectivity index (χ2n) is 6.33. The van der Waals surface area contributed by atoms with E-state index in [9.17, 15) is 4.39 Å². The molecule has 0 aliphatic carbocycles. The average molecular weight is 313 g/mol. The Morgan fingerprint density at radius 1 is 1.39 bits per heavy atom. The maximum Gasteiger partial charge on any atom is 0.151 e. The van der Waals surface area contributed by atoms with Gasteiger partial charge in [0.25, 0.3) is 0 Å². The minimum atomic E-state index is -0.269. The van der Waals surface area contributed by atoms with E-state index in [2.05, 4.69) is 33.1 Å². The molecule has 120 valence electrons. The van der Waals surface area contributed by atoms with Gasteiger partial charge in [-0.15, -0.1) is 0 Å². The van der Waals surface area contributed by atoms with E-state index in [-0.39, 0.29) is 5.82 Å². The predicted molar refractivity (Wildman–Crippen MR) is 86.4 cm³/mol. The van der Waals surface area contributed by atoms with Crippen LogP contribution in [-0.2, 0) is 13.1 Å². The van der Waals surface area contributed by atoms with Gasteiger partial charge >= 0.3 is 0 Å². The molecular formula is C17H20FN5. The summed E-state index contributed by atoms with van der Waals surface area (Å²) in [6.07, 6.45) is 6.31. The van der Waals surface area contributed by atoms with Gasteiger partial charge in [-0.25, -0.2) is 9.37 Å². The van der Waals surface area contributed by atoms with Crippen LogP contribution in [0, 0.1) is 12.7 Å². The van der Waals surface area contributed by atoms with Crippen molar-refractivity contribution < 1.29 is 4.39 Å². The number of aryl methyl sites for hydroxylation is 1. The molecule has 2 aromatic heterocycles. The maximum atomic E-state index is 13.8. The van der Waals surface area contributed by atoms with Gasteiger partial charge in [-0.2, -0.15) is 5.10 Å². The molecule has 1 unspecified atom stereocenters. The smallest absolute Gasteiger partial charge is 0.151 e. The number of benzene rings is 1. The Kier molecular flexibility index (Phi) is 3.61. The van der Waals surface area contributed by atoms with Gasteiger partial charge in [0.1, 0.15) is 11.3 Å². The standard InChI is InChI=1S/C17H20FN5/c1-12-8-19-23(9-12)10-13-4-3-7-22(13)11-16-20-15-6-2-5-14(18)17(15)21-16/h2,5-6,8-9,13H,3-4,7,10-11H2,1H3,(H,20,21). The van der Waals surface area contributed by atoms with Crippen molar-refractivity contribution in [2.75, 3.05) is 6.54 Å². The van der Waals surface area contributed by atoms with Crippen LogP contribution in [0.1, 0.15) is 24.2 Å². The molecule has 1 aliphatic rings. The Morgan fingerprint density at radius 2 is 2.30 bits per heavy atom. The number of hydrogen-bond donors (Lipinski definition) is 1. The predicted octanol–water partition coefficient (Wildman–Crippen LogP) is 2.87. The Hall–Kier alpha value is -2.21. The Morgan fingerprint density at radius 3 is 3.09 bits per heavy atom. The normalized spacial score (nSPS) is 19.0. The fourth-order valence-corrected chi connectivity index (χ4v) is 3.41. The summed E-state index contributed by atoms with van der Waals surface area (Å²) in [5, 5.41) is 4.38. The summed E-state index contributed by atoms with van der Waals surface area (Å²) in [7, 11) is 0. The van der Waals surface area contributed by atoms with Crippen LogP contribution in [0.5, 0.6) is 0 Å². The Bertz CT molecular complexity index is 821. The molecule has 0 bridgehead atoms. The summed E-state index contributed by atoms with van der Waals surface area (Å²) >= 11 is 0. The monoisotopic (exact) mass is 313 g/mol. The number of aromatic nitrogens is 4. The lowest BCUT2D eigenvalue weighted by atomic mass is 10.2. The fourth-order valence-electron chi connectivity index (χ4n) is 3.41. The first-order valence-corrected chi connectivity index (χ1v) is 8.05. The van der Waals surface area contributed by atoms with Gasteiger partial charge in [0.2, 0.25) is 0 Å². The fraction of sp³-hybridized carbons (Fsp3) is 0.412. The number of H-pyrrole nitrogens is 1. The average Bonchev–Trinajstić information content (AvgIpc) is 3.22. The van der Waals surface area contributed by atoms with E-state index in [0.717, 1.165) is 37.4 Å². The molecular weight excluding hydrogens is 293 g/mol. The molecule has 3 heterocycles.